The first-order chi connectivity index (χ1) is 9.63. The van der Waals surface area contributed by atoms with E-state index in [1.54, 1.807) is 24.3 Å². The van der Waals surface area contributed by atoms with Gasteiger partial charge in [-0.2, -0.15) is 5.10 Å². The molecule has 7 nitrogen and oxygen atoms in total. The number of aromatic nitrogens is 3. The van der Waals surface area contributed by atoms with E-state index < -0.39 is 0 Å². The minimum atomic E-state index is -0.123. The molecule has 0 radical (unpaired) electrons. The highest BCUT2D eigenvalue weighted by atomic mass is 16.2. The number of nitrogens with one attached hydrogen (secondary N) is 3. The summed E-state index contributed by atoms with van der Waals surface area (Å²) in [6.45, 7) is 1.77. The van der Waals surface area contributed by atoms with Gasteiger partial charge in [-0.1, -0.05) is 12.1 Å². The highest BCUT2D eigenvalue weighted by molar-refractivity contribution is 5.88. The second-order valence-electron chi connectivity index (χ2n) is 4.26. The molecule has 0 saturated heterocycles. The third-order valence-corrected chi connectivity index (χ3v) is 2.56. The van der Waals surface area contributed by atoms with Crippen molar-refractivity contribution in [2.75, 3.05) is 5.32 Å². The van der Waals surface area contributed by atoms with Crippen molar-refractivity contribution in [3.8, 4) is 0 Å². The molecule has 1 aromatic heterocycles. The second-order valence-corrected chi connectivity index (χ2v) is 4.26. The zero-order valence-electron chi connectivity index (χ0n) is 11.0. The number of carbonyl (C=O) groups is 2. The molecule has 104 valence electrons. The number of rotatable bonds is 5. The molecule has 0 saturated carbocycles. The van der Waals surface area contributed by atoms with Gasteiger partial charge in [-0.25, -0.2) is 4.98 Å². The van der Waals surface area contributed by atoms with Crippen LogP contribution in [0.1, 0.15) is 18.3 Å². The van der Waals surface area contributed by atoms with Crippen LogP contribution in [0.3, 0.4) is 0 Å². The number of hydrogen-bond donors (Lipinski definition) is 3. The number of anilines is 1. The molecule has 20 heavy (non-hydrogen) atoms. The van der Waals surface area contributed by atoms with Crippen LogP contribution in [-0.2, 0) is 22.6 Å². The number of amides is 2. The van der Waals surface area contributed by atoms with Gasteiger partial charge in [0.15, 0.2) is 0 Å². The van der Waals surface area contributed by atoms with Crippen molar-refractivity contribution in [2.45, 2.75) is 19.9 Å². The summed E-state index contributed by atoms with van der Waals surface area (Å²) in [5.74, 6) is 0.385. The van der Waals surface area contributed by atoms with Crippen molar-refractivity contribution < 1.29 is 9.59 Å². The van der Waals surface area contributed by atoms with E-state index in [1.165, 1.54) is 13.3 Å². The first kappa shape index (κ1) is 13.7. The molecule has 7 heteroatoms. The van der Waals surface area contributed by atoms with Gasteiger partial charge in [0, 0.05) is 12.6 Å². The van der Waals surface area contributed by atoms with Crippen LogP contribution in [0, 0.1) is 0 Å². The van der Waals surface area contributed by atoms with Gasteiger partial charge in [0.1, 0.15) is 12.2 Å². The summed E-state index contributed by atoms with van der Waals surface area (Å²) in [6.07, 6.45) is 1.66. The molecule has 2 aromatic rings. The Morgan fingerprint density at radius 1 is 1.25 bits per heavy atom. The van der Waals surface area contributed by atoms with Crippen molar-refractivity contribution in [3.63, 3.8) is 0 Å². The monoisotopic (exact) mass is 273 g/mol. The van der Waals surface area contributed by atoms with E-state index in [0.717, 1.165) is 5.56 Å². The summed E-state index contributed by atoms with van der Waals surface area (Å²) in [4.78, 5) is 26.5. The number of aromatic amines is 1. The second kappa shape index (κ2) is 6.46. The Balaban J connectivity index is 1.83. The summed E-state index contributed by atoms with van der Waals surface area (Å²) in [6, 6.07) is 7.14. The molecule has 0 spiro atoms. The van der Waals surface area contributed by atoms with Crippen LogP contribution in [0.25, 0.3) is 0 Å². The molecule has 0 aliphatic heterocycles. The highest BCUT2D eigenvalue weighted by Gasteiger charge is 2.04. The topological polar surface area (TPSA) is 99.8 Å². The van der Waals surface area contributed by atoms with Crippen LogP contribution in [0.15, 0.2) is 30.6 Å². The Kier molecular flexibility index (Phi) is 4.43. The molecular formula is C13H15N5O2. The molecule has 0 atom stereocenters. The molecule has 0 aliphatic carbocycles. The maximum atomic E-state index is 11.7. The highest BCUT2D eigenvalue weighted by Crippen LogP contribution is 2.09. The molecule has 0 aliphatic rings. The lowest BCUT2D eigenvalue weighted by atomic mass is 10.1. The first-order valence-corrected chi connectivity index (χ1v) is 6.11. The number of benzene rings is 1. The zero-order valence-corrected chi connectivity index (χ0v) is 11.0. The average molecular weight is 273 g/mol. The van der Waals surface area contributed by atoms with Crippen molar-refractivity contribution in [1.82, 2.24) is 20.5 Å². The van der Waals surface area contributed by atoms with E-state index in [0.29, 0.717) is 18.1 Å². The molecule has 2 rings (SSSR count). The number of H-pyrrole nitrogens is 1. The van der Waals surface area contributed by atoms with Gasteiger partial charge < -0.3 is 10.6 Å². The summed E-state index contributed by atoms with van der Waals surface area (Å²) in [5.41, 5.74) is 1.58. The fourth-order valence-electron chi connectivity index (χ4n) is 1.66. The molecular weight excluding hydrogens is 258 g/mol. The van der Waals surface area contributed by atoms with Crippen molar-refractivity contribution in [2.24, 2.45) is 0 Å². The summed E-state index contributed by atoms with van der Waals surface area (Å²) < 4.78 is 0. The lowest BCUT2D eigenvalue weighted by Crippen LogP contribution is -2.25. The quantitative estimate of drug-likeness (QED) is 0.743. The molecule has 0 unspecified atom stereocenters. The van der Waals surface area contributed by atoms with E-state index in [2.05, 4.69) is 25.8 Å². The van der Waals surface area contributed by atoms with Gasteiger partial charge in [0.2, 0.25) is 11.8 Å². The van der Waals surface area contributed by atoms with E-state index >= 15 is 0 Å². The zero-order chi connectivity index (χ0) is 14.4. The average Bonchev–Trinajstić information content (AvgIpc) is 2.91. The van der Waals surface area contributed by atoms with Crippen molar-refractivity contribution in [1.29, 1.82) is 0 Å². The predicted octanol–water partition coefficient (Wildman–Crippen LogP) is 0.622. The molecule has 0 fully saturated rings. The third kappa shape index (κ3) is 4.20. The fourth-order valence-corrected chi connectivity index (χ4v) is 1.66. The minimum absolute atomic E-state index is 0.103. The van der Waals surface area contributed by atoms with Crippen LogP contribution >= 0.6 is 0 Å². The number of nitrogens with zero attached hydrogens (tertiary/aromatic N) is 2. The Hall–Kier alpha value is -2.70. The van der Waals surface area contributed by atoms with Gasteiger partial charge in [-0.15, -0.1) is 0 Å². The SMILES string of the molecule is CC(=O)Nc1ccc(CC(=O)NCc2ncn[nH]2)cc1. The van der Waals surface area contributed by atoms with Crippen LogP contribution in [0.5, 0.6) is 0 Å². The Morgan fingerprint density at radius 2 is 2.00 bits per heavy atom. The maximum Gasteiger partial charge on any atom is 0.224 e. The predicted molar refractivity (Wildman–Crippen MR) is 72.7 cm³/mol. The normalized spacial score (nSPS) is 10.1. The van der Waals surface area contributed by atoms with Gasteiger partial charge in [0.05, 0.1) is 13.0 Å². The largest absolute Gasteiger partial charge is 0.349 e. The standard InChI is InChI=1S/C13H15N5O2/c1-9(19)17-11-4-2-10(3-5-11)6-13(20)14-7-12-15-8-16-18-12/h2-5,8H,6-7H2,1H3,(H,14,20)(H,17,19)(H,15,16,18). The summed E-state index contributed by atoms with van der Waals surface area (Å²) in [5, 5.41) is 11.8. The number of carbonyl (C=O) groups excluding carboxylic acids is 2. The smallest absolute Gasteiger partial charge is 0.224 e. The molecule has 3 N–H and O–H groups in total. The fraction of sp³-hybridized carbons (Fsp3) is 0.231. The van der Waals surface area contributed by atoms with Gasteiger partial charge in [0.25, 0.3) is 0 Å². The van der Waals surface area contributed by atoms with Crippen molar-refractivity contribution in [3.05, 3.63) is 42.0 Å². The van der Waals surface area contributed by atoms with E-state index in [-0.39, 0.29) is 18.2 Å². The maximum absolute atomic E-state index is 11.7. The van der Waals surface area contributed by atoms with Crippen LogP contribution < -0.4 is 10.6 Å². The van der Waals surface area contributed by atoms with Crippen LogP contribution in [-0.4, -0.2) is 27.0 Å². The van der Waals surface area contributed by atoms with Gasteiger partial charge in [-0.05, 0) is 17.7 Å². The first-order valence-electron chi connectivity index (χ1n) is 6.11. The molecule has 0 bridgehead atoms. The third-order valence-electron chi connectivity index (χ3n) is 2.56. The van der Waals surface area contributed by atoms with Gasteiger partial charge >= 0.3 is 0 Å². The summed E-state index contributed by atoms with van der Waals surface area (Å²) >= 11 is 0. The van der Waals surface area contributed by atoms with E-state index in [1.807, 2.05) is 0 Å². The lowest BCUT2D eigenvalue weighted by Gasteiger charge is -2.05. The van der Waals surface area contributed by atoms with Crippen LogP contribution in [0.2, 0.25) is 0 Å². The van der Waals surface area contributed by atoms with E-state index in [4.69, 9.17) is 0 Å². The minimum Gasteiger partial charge on any atom is -0.349 e. The Morgan fingerprint density at radius 3 is 2.60 bits per heavy atom. The molecule has 2 amide bonds. The summed E-state index contributed by atoms with van der Waals surface area (Å²) in [7, 11) is 0. The molecule has 1 heterocycles. The molecule has 1 aromatic carbocycles. The Bertz CT molecular complexity index is 577. The number of hydrogen-bond acceptors (Lipinski definition) is 4. The lowest BCUT2D eigenvalue weighted by molar-refractivity contribution is -0.120. The van der Waals surface area contributed by atoms with Crippen LogP contribution in [0.4, 0.5) is 5.69 Å². The van der Waals surface area contributed by atoms with E-state index in [9.17, 15) is 9.59 Å². The van der Waals surface area contributed by atoms with Crippen molar-refractivity contribution >= 4 is 17.5 Å². The Labute approximate surface area is 115 Å². The van der Waals surface area contributed by atoms with Gasteiger partial charge in [-0.3, -0.25) is 14.7 Å².